The van der Waals surface area contributed by atoms with E-state index in [-0.39, 0.29) is 22.2 Å². The second-order valence-corrected chi connectivity index (χ2v) is 12.0. The Morgan fingerprint density at radius 2 is 1.90 bits per heavy atom. The monoisotopic (exact) mass is 576 g/mol. The van der Waals surface area contributed by atoms with Crippen molar-refractivity contribution in [2.45, 2.75) is 30.3 Å². The number of piperidine rings is 1. The van der Waals surface area contributed by atoms with Gasteiger partial charge in [0, 0.05) is 29.9 Å². The maximum Gasteiger partial charge on any atom is 0.335 e. The van der Waals surface area contributed by atoms with Crippen molar-refractivity contribution < 1.29 is 23.4 Å². The summed E-state index contributed by atoms with van der Waals surface area (Å²) >= 11 is 1.48. The molecule has 5 aromatic rings. The first kappa shape index (κ1) is 25.9. The maximum atomic E-state index is 13.5. The van der Waals surface area contributed by atoms with Crippen molar-refractivity contribution in [2.24, 2.45) is 0 Å². The van der Waals surface area contributed by atoms with Crippen LogP contribution in [0.1, 0.15) is 29.6 Å². The van der Waals surface area contributed by atoms with Crippen LogP contribution in [0.4, 0.5) is 5.95 Å². The van der Waals surface area contributed by atoms with Crippen molar-refractivity contribution in [1.29, 1.82) is 0 Å². The second kappa shape index (κ2) is 10.3. The van der Waals surface area contributed by atoms with E-state index in [4.69, 9.17) is 15.1 Å². The Morgan fingerprint density at radius 3 is 2.67 bits per heavy atom. The number of phenolic OH excluding ortho intramolecular Hbond substituents is 1. The van der Waals surface area contributed by atoms with Gasteiger partial charge >= 0.3 is 5.97 Å². The van der Waals surface area contributed by atoms with E-state index in [0.29, 0.717) is 30.8 Å². The van der Waals surface area contributed by atoms with Crippen molar-refractivity contribution in [3.63, 3.8) is 0 Å². The van der Waals surface area contributed by atoms with E-state index in [1.165, 1.54) is 39.9 Å². The van der Waals surface area contributed by atoms with Crippen LogP contribution in [0.2, 0.25) is 0 Å². The molecule has 3 N–H and O–H groups in total. The van der Waals surface area contributed by atoms with Gasteiger partial charge in [-0.1, -0.05) is 12.1 Å². The topological polar surface area (TPSA) is 150 Å². The molecule has 204 valence electrons. The molecule has 1 atom stereocenters. The van der Waals surface area contributed by atoms with Gasteiger partial charge in [-0.25, -0.2) is 28.2 Å². The first-order chi connectivity index (χ1) is 19.3. The van der Waals surface area contributed by atoms with Gasteiger partial charge in [0.2, 0.25) is 16.0 Å². The number of anilines is 1. The number of thiazole rings is 1. The summed E-state index contributed by atoms with van der Waals surface area (Å²) in [6.07, 6.45) is 4.98. The largest absolute Gasteiger partial charge is 0.508 e. The van der Waals surface area contributed by atoms with Crippen LogP contribution in [0.3, 0.4) is 0 Å². The molecule has 0 spiro atoms. The number of aromatic carboxylic acids is 1. The highest BCUT2D eigenvalue weighted by atomic mass is 32.2. The van der Waals surface area contributed by atoms with Gasteiger partial charge in [-0.2, -0.15) is 4.31 Å². The number of phenols is 1. The third-order valence-corrected chi connectivity index (χ3v) is 9.42. The van der Waals surface area contributed by atoms with E-state index in [1.807, 2.05) is 22.0 Å². The molecule has 40 heavy (non-hydrogen) atoms. The molecular weight excluding hydrogens is 552 g/mol. The summed E-state index contributed by atoms with van der Waals surface area (Å²) in [5.74, 6) is -0.734. The number of fused-ring (bicyclic) bond motifs is 1. The first-order valence-electron chi connectivity index (χ1n) is 12.5. The van der Waals surface area contributed by atoms with Crippen LogP contribution in [0.5, 0.6) is 5.75 Å². The summed E-state index contributed by atoms with van der Waals surface area (Å²) in [5, 5.41) is 24.4. The van der Waals surface area contributed by atoms with E-state index in [1.54, 1.807) is 30.5 Å². The predicted molar refractivity (Wildman–Crippen MR) is 150 cm³/mol. The van der Waals surface area contributed by atoms with Crippen LogP contribution < -0.4 is 5.32 Å². The van der Waals surface area contributed by atoms with Gasteiger partial charge in [0.05, 0.1) is 28.0 Å². The van der Waals surface area contributed by atoms with Crippen LogP contribution in [0.15, 0.2) is 77.3 Å². The normalized spacial score (nSPS) is 16.2. The zero-order valence-electron chi connectivity index (χ0n) is 21.0. The zero-order chi connectivity index (χ0) is 27.9. The number of carbonyl (C=O) groups is 1. The average Bonchev–Trinajstić information content (AvgIpc) is 3.55. The third kappa shape index (κ3) is 4.78. The Bertz CT molecular complexity index is 1820. The number of carboxylic acid groups (broad SMARTS) is 1. The van der Waals surface area contributed by atoms with Crippen LogP contribution >= 0.6 is 11.3 Å². The molecule has 1 aliphatic heterocycles. The summed E-state index contributed by atoms with van der Waals surface area (Å²) in [6.45, 7) is 0.306. The molecule has 1 aliphatic rings. The van der Waals surface area contributed by atoms with Crippen molar-refractivity contribution >= 4 is 38.2 Å². The number of sulfonamides is 1. The summed E-state index contributed by atoms with van der Waals surface area (Å²) in [5.41, 5.74) is 2.70. The third-order valence-electron chi connectivity index (χ3n) is 6.74. The number of nitrogens with zero attached hydrogens (tertiary/aromatic N) is 5. The van der Waals surface area contributed by atoms with E-state index in [0.717, 1.165) is 22.6 Å². The maximum absolute atomic E-state index is 13.5. The lowest BCUT2D eigenvalue weighted by atomic mass is 10.1. The minimum absolute atomic E-state index is 0.0159. The molecule has 0 amide bonds. The summed E-state index contributed by atoms with van der Waals surface area (Å²) in [6, 6.07) is 13.8. The number of hydrogen-bond acceptors (Lipinski definition) is 9. The first-order valence-corrected chi connectivity index (χ1v) is 14.8. The van der Waals surface area contributed by atoms with Gasteiger partial charge in [0.15, 0.2) is 4.96 Å². The van der Waals surface area contributed by atoms with Gasteiger partial charge in [0.25, 0.3) is 0 Å². The molecule has 4 heterocycles. The summed E-state index contributed by atoms with van der Waals surface area (Å²) in [4.78, 5) is 25.9. The summed E-state index contributed by atoms with van der Waals surface area (Å²) in [7, 11) is -3.91. The second-order valence-electron chi connectivity index (χ2n) is 9.28. The number of nitrogens with one attached hydrogen (secondary N) is 1. The molecule has 13 heteroatoms. The number of hydrogen-bond donors (Lipinski definition) is 3. The minimum Gasteiger partial charge on any atom is -0.508 e. The lowest BCUT2D eigenvalue weighted by molar-refractivity contribution is 0.0696. The molecule has 2 aromatic carbocycles. The number of aromatic nitrogens is 4. The van der Waals surface area contributed by atoms with Crippen molar-refractivity contribution in [1.82, 2.24) is 23.7 Å². The van der Waals surface area contributed by atoms with E-state index in [9.17, 15) is 18.3 Å². The van der Waals surface area contributed by atoms with Gasteiger partial charge in [-0.15, -0.1) is 11.3 Å². The number of rotatable bonds is 7. The van der Waals surface area contributed by atoms with E-state index in [2.05, 4.69) is 10.3 Å². The molecule has 0 radical (unpaired) electrons. The van der Waals surface area contributed by atoms with Gasteiger partial charge in [-0.3, -0.25) is 4.40 Å². The summed E-state index contributed by atoms with van der Waals surface area (Å²) < 4.78 is 30.4. The van der Waals surface area contributed by atoms with Crippen LogP contribution in [-0.4, -0.2) is 61.0 Å². The molecule has 0 bridgehead atoms. The highest BCUT2D eigenvalue weighted by molar-refractivity contribution is 7.89. The lowest BCUT2D eigenvalue weighted by Crippen LogP contribution is -2.48. The fourth-order valence-corrected chi connectivity index (χ4v) is 7.16. The highest BCUT2D eigenvalue weighted by Gasteiger charge is 2.34. The number of aromatic hydroxyl groups is 1. The Hall–Kier alpha value is -4.33. The smallest absolute Gasteiger partial charge is 0.335 e. The molecule has 1 saturated heterocycles. The number of imidazole rings is 1. The molecule has 6 rings (SSSR count). The fourth-order valence-electron chi connectivity index (χ4n) is 4.84. The highest BCUT2D eigenvalue weighted by Crippen LogP contribution is 2.35. The van der Waals surface area contributed by atoms with E-state index < -0.39 is 22.2 Å². The molecule has 0 saturated carbocycles. The molecular formula is C27H24N6O5S2. The average molecular weight is 577 g/mol. The minimum atomic E-state index is -3.91. The van der Waals surface area contributed by atoms with Gasteiger partial charge in [-0.05, 0) is 61.7 Å². The Balaban J connectivity index is 1.33. The SMILES string of the molecule is O=C(O)c1ccc(S(=O)(=O)N2CCCCC2Nc2nccc(-c3c(-c4cccc(O)c4)nc4sccn34)n2)cc1. The van der Waals surface area contributed by atoms with Crippen molar-refractivity contribution in [3.8, 4) is 28.4 Å². The molecule has 1 fully saturated rings. The van der Waals surface area contributed by atoms with E-state index >= 15 is 0 Å². The molecule has 3 aromatic heterocycles. The van der Waals surface area contributed by atoms with Crippen LogP contribution in [0.25, 0.3) is 27.6 Å². The van der Waals surface area contributed by atoms with Crippen molar-refractivity contribution in [2.75, 3.05) is 11.9 Å². The molecule has 1 unspecified atom stereocenters. The molecule has 11 nitrogen and oxygen atoms in total. The Kier molecular flexibility index (Phi) is 6.70. The number of carboxylic acids is 1. The number of benzene rings is 2. The zero-order valence-corrected chi connectivity index (χ0v) is 22.6. The predicted octanol–water partition coefficient (Wildman–Crippen LogP) is 4.54. The fraction of sp³-hybridized carbons (Fsp3) is 0.185. The van der Waals surface area contributed by atoms with Crippen LogP contribution in [-0.2, 0) is 10.0 Å². The van der Waals surface area contributed by atoms with Gasteiger partial charge in [0.1, 0.15) is 11.4 Å². The Labute approximate surface area is 233 Å². The van der Waals surface area contributed by atoms with Crippen molar-refractivity contribution in [3.05, 3.63) is 77.9 Å². The van der Waals surface area contributed by atoms with Gasteiger partial charge < -0.3 is 15.5 Å². The quantitative estimate of drug-likeness (QED) is 0.254. The van der Waals surface area contributed by atoms with Crippen LogP contribution in [0, 0.1) is 0 Å². The standard InChI is InChI=1S/C27H24N6O5S2/c34-19-5-3-4-18(16-19)23-24(32-14-15-39-27(32)31-23)21-11-12-28-26(29-21)30-22-6-1-2-13-33(22)40(37,38)20-9-7-17(8-10-20)25(35)36/h3-5,7-12,14-16,22,34H,1-2,6,13H2,(H,35,36)(H,28,29,30). The molecule has 0 aliphatic carbocycles. The Morgan fingerprint density at radius 1 is 1.07 bits per heavy atom. The lowest BCUT2D eigenvalue weighted by Gasteiger charge is -2.35.